The third kappa shape index (κ3) is 4.38. The van der Waals surface area contributed by atoms with Gasteiger partial charge in [-0.05, 0) is 18.4 Å². The van der Waals surface area contributed by atoms with Gasteiger partial charge in [-0.15, -0.1) is 0 Å². The number of likely N-dealkylation sites (N-methyl/N-ethyl adjacent to an activating group) is 1. The van der Waals surface area contributed by atoms with Gasteiger partial charge in [-0.3, -0.25) is 4.79 Å². The van der Waals surface area contributed by atoms with Crippen molar-refractivity contribution in [2.24, 2.45) is 0 Å². The van der Waals surface area contributed by atoms with Crippen molar-refractivity contribution in [1.82, 2.24) is 4.90 Å². The topological polar surface area (TPSA) is 20.3 Å². The minimum Gasteiger partial charge on any atom is -0.342 e. The first-order valence-electron chi connectivity index (χ1n) is 7.57. The molecule has 0 unspecified atom stereocenters. The van der Waals surface area contributed by atoms with Crippen molar-refractivity contribution in [2.75, 3.05) is 7.05 Å². The van der Waals surface area contributed by atoms with Gasteiger partial charge in [0.25, 0.3) is 0 Å². The van der Waals surface area contributed by atoms with E-state index in [1.54, 1.807) is 0 Å². The number of hydrogen-bond donors (Lipinski definition) is 0. The van der Waals surface area contributed by atoms with Crippen molar-refractivity contribution in [3.63, 3.8) is 0 Å². The molecule has 104 valence electrons. The van der Waals surface area contributed by atoms with Gasteiger partial charge in [-0.1, -0.05) is 62.4 Å². The molecule has 2 rings (SSSR count). The summed E-state index contributed by atoms with van der Waals surface area (Å²) in [6.45, 7) is 0. The second-order valence-electron chi connectivity index (χ2n) is 5.67. The van der Waals surface area contributed by atoms with Crippen LogP contribution in [-0.2, 0) is 11.2 Å². The summed E-state index contributed by atoms with van der Waals surface area (Å²) in [5.41, 5.74) is 1.12. The van der Waals surface area contributed by atoms with Crippen LogP contribution in [0.5, 0.6) is 0 Å². The van der Waals surface area contributed by atoms with Crippen LogP contribution in [0.1, 0.15) is 50.5 Å². The molecule has 0 aromatic heterocycles. The maximum Gasteiger partial charge on any atom is 0.226 e. The first-order valence-corrected chi connectivity index (χ1v) is 7.57. The predicted molar refractivity (Wildman–Crippen MR) is 79.0 cm³/mol. The Kier molecular flexibility index (Phi) is 5.44. The highest BCUT2D eigenvalue weighted by Gasteiger charge is 2.20. The summed E-state index contributed by atoms with van der Waals surface area (Å²) in [7, 11) is 1.98. The van der Waals surface area contributed by atoms with Crippen LogP contribution in [0, 0.1) is 0 Å². The van der Waals surface area contributed by atoms with Crippen molar-refractivity contribution < 1.29 is 4.79 Å². The summed E-state index contributed by atoms with van der Waals surface area (Å²) >= 11 is 0. The Bertz CT molecular complexity index is 380. The molecule has 2 heteroatoms. The first-order chi connectivity index (χ1) is 9.27. The first kappa shape index (κ1) is 14.1. The molecule has 0 spiro atoms. The number of amides is 1. The van der Waals surface area contributed by atoms with Crippen LogP contribution in [0.2, 0.25) is 0 Å². The largest absolute Gasteiger partial charge is 0.342 e. The van der Waals surface area contributed by atoms with Gasteiger partial charge < -0.3 is 4.90 Å². The summed E-state index contributed by atoms with van der Waals surface area (Å²) < 4.78 is 0. The standard InChI is InChI=1S/C17H25NO/c1-18(16-12-8-3-2-4-9-13-16)17(19)14-15-10-6-5-7-11-15/h5-7,10-11,16H,2-4,8-9,12-14H2,1H3. The zero-order valence-corrected chi connectivity index (χ0v) is 12.0. The second-order valence-corrected chi connectivity index (χ2v) is 5.67. The SMILES string of the molecule is CN(C(=O)Cc1ccccc1)C1CCCCCCC1. The highest BCUT2D eigenvalue weighted by Crippen LogP contribution is 2.21. The van der Waals surface area contributed by atoms with E-state index in [1.807, 2.05) is 42.3 Å². The summed E-state index contributed by atoms with van der Waals surface area (Å²) in [5, 5.41) is 0. The van der Waals surface area contributed by atoms with E-state index in [0.717, 1.165) is 5.56 Å². The van der Waals surface area contributed by atoms with Gasteiger partial charge in [0.1, 0.15) is 0 Å². The van der Waals surface area contributed by atoms with E-state index in [-0.39, 0.29) is 5.91 Å². The summed E-state index contributed by atoms with van der Waals surface area (Å²) in [6.07, 6.45) is 9.46. The molecule has 1 aromatic rings. The number of hydrogen-bond acceptors (Lipinski definition) is 1. The second kappa shape index (κ2) is 7.32. The maximum absolute atomic E-state index is 12.3. The van der Waals surface area contributed by atoms with Gasteiger partial charge in [0.15, 0.2) is 0 Å². The lowest BCUT2D eigenvalue weighted by Gasteiger charge is -2.30. The van der Waals surface area contributed by atoms with Gasteiger partial charge in [-0.2, -0.15) is 0 Å². The van der Waals surface area contributed by atoms with Crippen molar-refractivity contribution in [3.05, 3.63) is 35.9 Å². The van der Waals surface area contributed by atoms with Crippen LogP contribution in [0.4, 0.5) is 0 Å². The molecular formula is C17H25NO. The van der Waals surface area contributed by atoms with Crippen LogP contribution in [-0.4, -0.2) is 23.9 Å². The Labute approximate surface area is 116 Å². The molecular weight excluding hydrogens is 234 g/mol. The Balaban J connectivity index is 1.90. The van der Waals surface area contributed by atoms with Crippen LogP contribution in [0.25, 0.3) is 0 Å². The molecule has 19 heavy (non-hydrogen) atoms. The Morgan fingerprint density at radius 2 is 1.63 bits per heavy atom. The average Bonchev–Trinajstić information content (AvgIpc) is 2.39. The zero-order chi connectivity index (χ0) is 13.5. The Morgan fingerprint density at radius 3 is 2.26 bits per heavy atom. The van der Waals surface area contributed by atoms with Crippen LogP contribution in [0.15, 0.2) is 30.3 Å². The fourth-order valence-electron chi connectivity index (χ4n) is 2.92. The summed E-state index contributed by atoms with van der Waals surface area (Å²) in [4.78, 5) is 14.3. The fraction of sp³-hybridized carbons (Fsp3) is 0.588. The smallest absolute Gasteiger partial charge is 0.226 e. The monoisotopic (exact) mass is 259 g/mol. The van der Waals surface area contributed by atoms with E-state index in [1.165, 1.54) is 44.9 Å². The molecule has 1 aliphatic carbocycles. The number of benzene rings is 1. The predicted octanol–water partition coefficient (Wildman–Crippen LogP) is 3.80. The van der Waals surface area contributed by atoms with Gasteiger partial charge >= 0.3 is 0 Å². The van der Waals surface area contributed by atoms with E-state index in [2.05, 4.69) is 0 Å². The normalized spacial score (nSPS) is 17.5. The number of carbonyl (C=O) groups is 1. The van der Waals surface area contributed by atoms with Crippen molar-refractivity contribution in [1.29, 1.82) is 0 Å². The van der Waals surface area contributed by atoms with Crippen molar-refractivity contribution >= 4 is 5.91 Å². The molecule has 0 N–H and O–H groups in total. The van der Waals surface area contributed by atoms with E-state index >= 15 is 0 Å². The van der Waals surface area contributed by atoms with Gasteiger partial charge in [0, 0.05) is 13.1 Å². The van der Waals surface area contributed by atoms with Gasteiger partial charge in [-0.25, -0.2) is 0 Å². The molecule has 1 aromatic carbocycles. The molecule has 1 amide bonds. The average molecular weight is 259 g/mol. The molecule has 0 heterocycles. The van der Waals surface area contributed by atoms with Gasteiger partial charge in [0.2, 0.25) is 5.91 Å². The summed E-state index contributed by atoms with van der Waals surface area (Å²) in [6, 6.07) is 10.5. The molecule has 0 radical (unpaired) electrons. The number of rotatable bonds is 3. The minimum absolute atomic E-state index is 0.261. The number of carbonyl (C=O) groups excluding carboxylic acids is 1. The minimum atomic E-state index is 0.261. The van der Waals surface area contributed by atoms with E-state index < -0.39 is 0 Å². The zero-order valence-electron chi connectivity index (χ0n) is 12.0. The van der Waals surface area contributed by atoms with Gasteiger partial charge in [0.05, 0.1) is 6.42 Å². The Hall–Kier alpha value is -1.31. The number of nitrogens with zero attached hydrogens (tertiary/aromatic N) is 1. The molecule has 1 aliphatic rings. The van der Waals surface area contributed by atoms with Crippen LogP contribution >= 0.6 is 0 Å². The van der Waals surface area contributed by atoms with E-state index in [4.69, 9.17) is 0 Å². The molecule has 0 aliphatic heterocycles. The Morgan fingerprint density at radius 1 is 1.05 bits per heavy atom. The fourth-order valence-corrected chi connectivity index (χ4v) is 2.92. The molecule has 1 saturated carbocycles. The maximum atomic E-state index is 12.3. The molecule has 2 nitrogen and oxygen atoms in total. The van der Waals surface area contributed by atoms with Crippen molar-refractivity contribution in [2.45, 2.75) is 57.4 Å². The highest BCUT2D eigenvalue weighted by molar-refractivity contribution is 5.78. The molecule has 1 fully saturated rings. The van der Waals surface area contributed by atoms with Crippen LogP contribution in [0.3, 0.4) is 0 Å². The molecule has 0 bridgehead atoms. The lowest BCUT2D eigenvalue weighted by atomic mass is 9.95. The van der Waals surface area contributed by atoms with Crippen molar-refractivity contribution in [3.8, 4) is 0 Å². The quantitative estimate of drug-likeness (QED) is 0.808. The third-order valence-corrected chi connectivity index (χ3v) is 4.21. The van der Waals surface area contributed by atoms with E-state index in [0.29, 0.717) is 12.5 Å². The lowest BCUT2D eigenvalue weighted by Crippen LogP contribution is -2.38. The van der Waals surface area contributed by atoms with Crippen LogP contribution < -0.4 is 0 Å². The highest BCUT2D eigenvalue weighted by atomic mass is 16.2. The lowest BCUT2D eigenvalue weighted by molar-refractivity contribution is -0.131. The van der Waals surface area contributed by atoms with E-state index in [9.17, 15) is 4.79 Å². The molecule has 0 atom stereocenters. The molecule has 0 saturated heterocycles. The summed E-state index contributed by atoms with van der Waals surface area (Å²) in [5.74, 6) is 0.261. The third-order valence-electron chi connectivity index (χ3n) is 4.21.